The average molecular weight is 252 g/mol. The predicted molar refractivity (Wildman–Crippen MR) is 62.8 cm³/mol. The fraction of sp³-hybridized carbons (Fsp3) is 0.385. The van der Waals surface area contributed by atoms with Gasteiger partial charge in [0.1, 0.15) is 0 Å². The van der Waals surface area contributed by atoms with Gasteiger partial charge in [-0.15, -0.1) is 0 Å². The summed E-state index contributed by atoms with van der Waals surface area (Å²) in [5.41, 5.74) is 0.675. The van der Waals surface area contributed by atoms with Gasteiger partial charge in [-0.1, -0.05) is 6.07 Å². The van der Waals surface area contributed by atoms with Gasteiger partial charge in [0.05, 0.1) is 19.0 Å². The number of likely N-dealkylation sites (N-methyl/N-ethyl adjacent to an activating group) is 1. The van der Waals surface area contributed by atoms with Crippen LogP contribution in [0.5, 0.6) is 0 Å². The van der Waals surface area contributed by atoms with Crippen molar-refractivity contribution in [2.24, 2.45) is 0 Å². The fourth-order valence-electron chi connectivity index (χ4n) is 1.54. The Hall–Kier alpha value is -1.80. The largest absolute Gasteiger partial charge is 0.299 e. The van der Waals surface area contributed by atoms with Crippen LogP contribution in [0, 0.1) is 23.0 Å². The van der Waals surface area contributed by atoms with Crippen molar-refractivity contribution in [1.82, 2.24) is 4.90 Å². The van der Waals surface area contributed by atoms with Crippen LogP contribution in [0.1, 0.15) is 12.0 Å². The first-order chi connectivity index (χ1) is 8.52. The lowest BCUT2D eigenvalue weighted by molar-refractivity contribution is -0.118. The maximum absolute atomic E-state index is 12.9. The molecule has 18 heavy (non-hydrogen) atoms. The van der Waals surface area contributed by atoms with Crippen molar-refractivity contribution in [2.75, 3.05) is 20.1 Å². The molecule has 0 fully saturated rings. The van der Waals surface area contributed by atoms with Gasteiger partial charge < -0.3 is 0 Å². The van der Waals surface area contributed by atoms with Gasteiger partial charge in [0.15, 0.2) is 17.4 Å². The van der Waals surface area contributed by atoms with Gasteiger partial charge >= 0.3 is 0 Å². The summed E-state index contributed by atoms with van der Waals surface area (Å²) < 4.78 is 25.6. The van der Waals surface area contributed by atoms with Crippen molar-refractivity contribution in [3.05, 3.63) is 35.4 Å². The van der Waals surface area contributed by atoms with Gasteiger partial charge in [-0.05, 0) is 31.2 Å². The van der Waals surface area contributed by atoms with Crippen molar-refractivity contribution in [1.29, 1.82) is 5.26 Å². The number of ketones is 1. The zero-order valence-electron chi connectivity index (χ0n) is 10.1. The molecule has 0 aliphatic carbocycles. The predicted octanol–water partition coefficient (Wildman–Crippen LogP) is 1.92. The lowest BCUT2D eigenvalue weighted by atomic mass is 10.1. The number of hydrogen-bond donors (Lipinski definition) is 0. The van der Waals surface area contributed by atoms with Crippen LogP contribution in [0.4, 0.5) is 8.78 Å². The molecule has 1 aromatic carbocycles. The van der Waals surface area contributed by atoms with Crippen LogP contribution in [-0.4, -0.2) is 30.8 Å². The number of Topliss-reactive ketones (excluding diaryl/α,β-unsaturated/α-hetero) is 1. The number of rotatable bonds is 6. The van der Waals surface area contributed by atoms with E-state index in [1.165, 1.54) is 6.07 Å². The first kappa shape index (κ1) is 14.3. The summed E-state index contributed by atoms with van der Waals surface area (Å²) in [5.74, 6) is -1.88. The molecule has 0 aromatic heterocycles. The highest BCUT2D eigenvalue weighted by Crippen LogP contribution is 2.09. The molecule has 0 atom stereocenters. The minimum atomic E-state index is -0.865. The maximum Gasteiger partial charge on any atom is 0.160 e. The van der Waals surface area contributed by atoms with Gasteiger partial charge in [0, 0.05) is 6.54 Å². The Labute approximate surface area is 105 Å². The molecule has 5 heteroatoms. The lowest BCUT2D eigenvalue weighted by Crippen LogP contribution is -2.27. The van der Waals surface area contributed by atoms with Crippen LogP contribution in [0.25, 0.3) is 0 Å². The quantitative estimate of drug-likeness (QED) is 0.777. The highest BCUT2D eigenvalue weighted by molar-refractivity contribution is 5.82. The number of nitriles is 1. The Morgan fingerprint density at radius 3 is 2.72 bits per heavy atom. The highest BCUT2D eigenvalue weighted by Gasteiger charge is 2.07. The molecule has 0 amide bonds. The van der Waals surface area contributed by atoms with E-state index in [-0.39, 0.29) is 18.7 Å². The molecule has 0 aliphatic heterocycles. The summed E-state index contributed by atoms with van der Waals surface area (Å²) >= 11 is 0. The SMILES string of the molecule is CN(CCc1ccc(F)c(F)c1)CC(=O)CC#N. The number of hydrogen-bond acceptors (Lipinski definition) is 3. The summed E-state index contributed by atoms with van der Waals surface area (Å²) in [5, 5.41) is 8.35. The topological polar surface area (TPSA) is 44.1 Å². The van der Waals surface area contributed by atoms with E-state index in [1.807, 2.05) is 0 Å². The first-order valence-electron chi connectivity index (χ1n) is 5.54. The Balaban J connectivity index is 2.42. The van der Waals surface area contributed by atoms with Crippen LogP contribution in [0.2, 0.25) is 0 Å². The third-order valence-corrected chi connectivity index (χ3v) is 2.49. The van der Waals surface area contributed by atoms with Crippen molar-refractivity contribution < 1.29 is 13.6 Å². The first-order valence-corrected chi connectivity index (χ1v) is 5.54. The van der Waals surface area contributed by atoms with E-state index in [2.05, 4.69) is 0 Å². The molecular weight excluding hydrogens is 238 g/mol. The summed E-state index contributed by atoms with van der Waals surface area (Å²) in [6, 6.07) is 5.55. The molecule has 0 aliphatic rings. The summed E-state index contributed by atoms with van der Waals surface area (Å²) in [6.07, 6.45) is 0.420. The van der Waals surface area contributed by atoms with Gasteiger partial charge in [-0.25, -0.2) is 8.78 Å². The molecule has 1 aromatic rings. The van der Waals surface area contributed by atoms with Crippen molar-refractivity contribution in [3.8, 4) is 6.07 Å². The van der Waals surface area contributed by atoms with Crippen molar-refractivity contribution >= 4 is 5.78 Å². The number of carbonyl (C=O) groups excluding carboxylic acids is 1. The molecule has 0 unspecified atom stereocenters. The maximum atomic E-state index is 12.9. The van der Waals surface area contributed by atoms with Crippen LogP contribution in [0.3, 0.4) is 0 Å². The molecular formula is C13H14F2N2O. The third-order valence-electron chi connectivity index (χ3n) is 2.49. The van der Waals surface area contributed by atoms with Crippen LogP contribution in [-0.2, 0) is 11.2 Å². The molecule has 0 saturated heterocycles. The van der Waals surface area contributed by atoms with Crippen LogP contribution < -0.4 is 0 Å². The van der Waals surface area contributed by atoms with E-state index in [9.17, 15) is 13.6 Å². The van der Waals surface area contributed by atoms with E-state index in [0.29, 0.717) is 18.5 Å². The number of carbonyl (C=O) groups is 1. The molecule has 0 heterocycles. The Kier molecular flexibility index (Phi) is 5.40. The summed E-state index contributed by atoms with van der Waals surface area (Å²) in [6.45, 7) is 0.736. The van der Waals surface area contributed by atoms with E-state index in [4.69, 9.17) is 5.26 Å². The molecule has 0 bridgehead atoms. The van der Waals surface area contributed by atoms with Crippen LogP contribution in [0.15, 0.2) is 18.2 Å². The monoisotopic (exact) mass is 252 g/mol. The van der Waals surface area contributed by atoms with Crippen LogP contribution >= 0.6 is 0 Å². The number of nitrogens with zero attached hydrogens (tertiary/aromatic N) is 2. The van der Waals surface area contributed by atoms with Crippen molar-refractivity contribution in [2.45, 2.75) is 12.8 Å². The molecule has 1 rings (SSSR count). The fourth-order valence-corrected chi connectivity index (χ4v) is 1.54. The van der Waals surface area contributed by atoms with Gasteiger partial charge in [0.25, 0.3) is 0 Å². The standard InChI is InChI=1S/C13H14F2N2O/c1-17(9-11(18)4-6-16)7-5-10-2-3-12(14)13(15)8-10/h2-3,8H,4-5,7,9H2,1H3. The molecule has 0 N–H and O–H groups in total. The second-order valence-corrected chi connectivity index (χ2v) is 4.11. The van der Waals surface area contributed by atoms with Crippen molar-refractivity contribution in [3.63, 3.8) is 0 Å². The van der Waals surface area contributed by atoms with E-state index in [0.717, 1.165) is 12.1 Å². The average Bonchev–Trinajstić information content (AvgIpc) is 2.31. The molecule has 3 nitrogen and oxygen atoms in total. The third kappa shape index (κ3) is 4.60. The minimum absolute atomic E-state index is 0.102. The van der Waals surface area contributed by atoms with Gasteiger partial charge in [0.2, 0.25) is 0 Å². The van der Waals surface area contributed by atoms with Gasteiger partial charge in [-0.2, -0.15) is 5.26 Å². The van der Waals surface area contributed by atoms with E-state index in [1.54, 1.807) is 18.0 Å². The molecule has 0 spiro atoms. The number of benzene rings is 1. The summed E-state index contributed by atoms with van der Waals surface area (Å²) in [4.78, 5) is 12.9. The Morgan fingerprint density at radius 1 is 1.39 bits per heavy atom. The molecule has 0 radical (unpaired) electrons. The van der Waals surface area contributed by atoms with Gasteiger partial charge in [-0.3, -0.25) is 9.69 Å². The Bertz CT molecular complexity index is 469. The Morgan fingerprint density at radius 2 is 2.11 bits per heavy atom. The zero-order chi connectivity index (χ0) is 13.5. The zero-order valence-corrected chi connectivity index (χ0v) is 10.1. The second-order valence-electron chi connectivity index (χ2n) is 4.11. The smallest absolute Gasteiger partial charge is 0.160 e. The lowest BCUT2D eigenvalue weighted by Gasteiger charge is -2.14. The molecule has 0 saturated carbocycles. The highest BCUT2D eigenvalue weighted by atomic mass is 19.2. The normalized spacial score (nSPS) is 10.4. The minimum Gasteiger partial charge on any atom is -0.299 e. The second kappa shape index (κ2) is 6.82. The number of halogens is 2. The molecule has 96 valence electrons. The summed E-state index contributed by atoms with van der Waals surface area (Å²) in [7, 11) is 1.75. The van der Waals surface area contributed by atoms with E-state index >= 15 is 0 Å². The van der Waals surface area contributed by atoms with E-state index < -0.39 is 11.6 Å².